The first kappa shape index (κ1) is 13.2. The van der Waals surface area contributed by atoms with Gasteiger partial charge in [0.05, 0.1) is 5.56 Å². The van der Waals surface area contributed by atoms with Crippen molar-refractivity contribution in [2.24, 2.45) is 7.05 Å². The molecule has 21 heavy (non-hydrogen) atoms. The highest BCUT2D eigenvalue weighted by molar-refractivity contribution is 5.89. The van der Waals surface area contributed by atoms with Crippen LogP contribution in [0.1, 0.15) is 5.56 Å². The number of anilines is 1. The number of aromatic amines is 1. The van der Waals surface area contributed by atoms with Gasteiger partial charge < -0.3 is 10.7 Å². The summed E-state index contributed by atoms with van der Waals surface area (Å²) in [5, 5.41) is 4.50. The Balaban J connectivity index is 2.28. The summed E-state index contributed by atoms with van der Waals surface area (Å²) in [6.45, 7) is 2.04. The van der Waals surface area contributed by atoms with E-state index in [2.05, 4.69) is 10.1 Å². The lowest BCUT2D eigenvalue weighted by molar-refractivity contribution is 0.782. The van der Waals surface area contributed by atoms with E-state index in [0.717, 1.165) is 27.9 Å². The maximum absolute atomic E-state index is 11.2. The van der Waals surface area contributed by atoms with E-state index in [1.807, 2.05) is 38.2 Å². The van der Waals surface area contributed by atoms with Crippen molar-refractivity contribution in [2.75, 3.05) is 5.73 Å². The van der Waals surface area contributed by atoms with Crippen LogP contribution in [-0.2, 0) is 7.05 Å². The summed E-state index contributed by atoms with van der Waals surface area (Å²) < 4.78 is 1.65. The molecule has 0 unspecified atom stereocenters. The molecule has 0 aliphatic heterocycles. The number of nitrogens with one attached hydrogen (secondary N) is 1. The maximum atomic E-state index is 11.2. The van der Waals surface area contributed by atoms with Gasteiger partial charge in [-0.05, 0) is 24.1 Å². The summed E-state index contributed by atoms with van der Waals surface area (Å²) >= 11 is 0. The highest BCUT2D eigenvalue weighted by Gasteiger charge is 2.18. The van der Waals surface area contributed by atoms with Crippen LogP contribution in [0.5, 0.6) is 0 Å². The zero-order chi connectivity index (χ0) is 15.0. The fourth-order valence-electron chi connectivity index (χ4n) is 2.42. The average molecular weight is 280 g/mol. The first-order valence-corrected chi connectivity index (χ1v) is 6.65. The van der Waals surface area contributed by atoms with Crippen molar-refractivity contribution in [3.8, 4) is 22.4 Å². The molecule has 0 bridgehead atoms. The Kier molecular flexibility index (Phi) is 3.10. The standard InChI is InChI=1S/C16H16N4O/c1-10-5-3-4-6-12(10)14-15(19-20(2)16(14)17)11-7-8-13(21)18-9-11/h3-9H,17H2,1-2H3,(H,18,21). The Morgan fingerprint density at radius 2 is 1.95 bits per heavy atom. The predicted molar refractivity (Wildman–Crippen MR) is 83.9 cm³/mol. The number of nitrogens with zero attached hydrogens (tertiary/aromatic N) is 2. The first-order chi connectivity index (χ1) is 10.1. The van der Waals surface area contributed by atoms with Crippen LogP contribution in [0.2, 0.25) is 0 Å². The van der Waals surface area contributed by atoms with Gasteiger partial charge in [-0.25, -0.2) is 0 Å². The molecule has 3 N–H and O–H groups in total. The molecule has 0 aliphatic rings. The summed E-state index contributed by atoms with van der Waals surface area (Å²) in [6.07, 6.45) is 1.66. The molecule has 3 rings (SSSR count). The highest BCUT2D eigenvalue weighted by Crippen LogP contribution is 2.36. The Hall–Kier alpha value is -2.82. The van der Waals surface area contributed by atoms with Crippen LogP contribution in [0.3, 0.4) is 0 Å². The van der Waals surface area contributed by atoms with E-state index in [0.29, 0.717) is 5.82 Å². The molecule has 1 aromatic carbocycles. The van der Waals surface area contributed by atoms with Crippen molar-refractivity contribution in [2.45, 2.75) is 6.92 Å². The fourth-order valence-corrected chi connectivity index (χ4v) is 2.42. The average Bonchev–Trinajstić information content (AvgIpc) is 2.77. The number of benzene rings is 1. The molecular formula is C16H16N4O. The van der Waals surface area contributed by atoms with Crippen LogP contribution in [0.4, 0.5) is 5.82 Å². The molecule has 0 spiro atoms. The highest BCUT2D eigenvalue weighted by atomic mass is 16.1. The maximum Gasteiger partial charge on any atom is 0.247 e. The molecule has 0 saturated heterocycles. The van der Waals surface area contributed by atoms with E-state index < -0.39 is 0 Å². The van der Waals surface area contributed by atoms with Crippen molar-refractivity contribution in [1.82, 2.24) is 14.8 Å². The molecule has 0 atom stereocenters. The van der Waals surface area contributed by atoms with Gasteiger partial charge in [-0.3, -0.25) is 9.48 Å². The van der Waals surface area contributed by atoms with Gasteiger partial charge in [0.25, 0.3) is 0 Å². The third kappa shape index (κ3) is 2.23. The summed E-state index contributed by atoms with van der Waals surface area (Å²) in [5.74, 6) is 0.602. The summed E-state index contributed by atoms with van der Waals surface area (Å²) in [7, 11) is 1.81. The minimum atomic E-state index is -0.139. The van der Waals surface area contributed by atoms with Crippen molar-refractivity contribution in [3.63, 3.8) is 0 Å². The van der Waals surface area contributed by atoms with Crippen molar-refractivity contribution in [3.05, 3.63) is 58.5 Å². The number of hydrogen-bond donors (Lipinski definition) is 2. The van der Waals surface area contributed by atoms with Gasteiger partial charge in [0.15, 0.2) is 0 Å². The number of pyridine rings is 1. The van der Waals surface area contributed by atoms with Crippen LogP contribution in [0.25, 0.3) is 22.4 Å². The van der Waals surface area contributed by atoms with Crippen LogP contribution in [0.15, 0.2) is 47.4 Å². The Labute approximate surface area is 122 Å². The van der Waals surface area contributed by atoms with Gasteiger partial charge in [-0.15, -0.1) is 0 Å². The smallest absolute Gasteiger partial charge is 0.247 e. The number of aryl methyl sites for hydroxylation is 2. The van der Waals surface area contributed by atoms with Gasteiger partial charge >= 0.3 is 0 Å². The zero-order valence-corrected chi connectivity index (χ0v) is 11.9. The second-order valence-electron chi connectivity index (χ2n) is 4.99. The van der Waals surface area contributed by atoms with Crippen molar-refractivity contribution < 1.29 is 0 Å². The van der Waals surface area contributed by atoms with Crippen molar-refractivity contribution in [1.29, 1.82) is 0 Å². The first-order valence-electron chi connectivity index (χ1n) is 6.65. The molecule has 0 radical (unpaired) electrons. The van der Waals surface area contributed by atoms with Crippen molar-refractivity contribution >= 4 is 5.82 Å². The Morgan fingerprint density at radius 3 is 2.62 bits per heavy atom. The van der Waals surface area contributed by atoms with E-state index in [1.54, 1.807) is 16.9 Å². The summed E-state index contributed by atoms with van der Waals surface area (Å²) in [5.41, 5.74) is 10.7. The number of H-pyrrole nitrogens is 1. The van der Waals surface area contributed by atoms with E-state index in [-0.39, 0.29) is 5.56 Å². The number of rotatable bonds is 2. The molecule has 3 aromatic rings. The van der Waals surface area contributed by atoms with E-state index in [1.165, 1.54) is 6.07 Å². The zero-order valence-electron chi connectivity index (χ0n) is 11.9. The van der Waals surface area contributed by atoms with Gasteiger partial charge in [0, 0.05) is 24.9 Å². The summed E-state index contributed by atoms with van der Waals surface area (Å²) in [6, 6.07) is 11.3. The number of aromatic nitrogens is 3. The van der Waals surface area contributed by atoms with E-state index >= 15 is 0 Å². The lowest BCUT2D eigenvalue weighted by atomic mass is 9.98. The fraction of sp³-hybridized carbons (Fsp3) is 0.125. The number of nitrogen functional groups attached to an aromatic ring is 1. The third-order valence-corrected chi connectivity index (χ3v) is 3.56. The third-order valence-electron chi connectivity index (χ3n) is 3.56. The largest absolute Gasteiger partial charge is 0.383 e. The molecule has 5 heteroatoms. The minimum Gasteiger partial charge on any atom is -0.383 e. The monoisotopic (exact) mass is 280 g/mol. The van der Waals surface area contributed by atoms with Crippen LogP contribution >= 0.6 is 0 Å². The van der Waals surface area contributed by atoms with Crippen LogP contribution < -0.4 is 11.3 Å². The lowest BCUT2D eigenvalue weighted by Gasteiger charge is -2.07. The molecular weight excluding hydrogens is 264 g/mol. The molecule has 0 fully saturated rings. The van der Waals surface area contributed by atoms with Crippen LogP contribution in [0, 0.1) is 6.92 Å². The molecule has 2 heterocycles. The van der Waals surface area contributed by atoms with Gasteiger partial charge in [-0.1, -0.05) is 24.3 Å². The van der Waals surface area contributed by atoms with Gasteiger partial charge in [0.1, 0.15) is 11.5 Å². The Morgan fingerprint density at radius 1 is 1.19 bits per heavy atom. The van der Waals surface area contributed by atoms with Crippen LogP contribution in [-0.4, -0.2) is 14.8 Å². The topological polar surface area (TPSA) is 76.7 Å². The number of nitrogens with two attached hydrogens (primary N) is 1. The summed E-state index contributed by atoms with van der Waals surface area (Å²) in [4.78, 5) is 13.9. The Bertz CT molecular complexity index is 840. The van der Waals surface area contributed by atoms with E-state index in [9.17, 15) is 4.79 Å². The number of hydrogen-bond acceptors (Lipinski definition) is 3. The lowest BCUT2D eigenvalue weighted by Crippen LogP contribution is -2.01. The second-order valence-corrected chi connectivity index (χ2v) is 4.99. The molecule has 106 valence electrons. The minimum absolute atomic E-state index is 0.139. The SMILES string of the molecule is Cc1ccccc1-c1c(-c2ccc(=O)[nH]c2)nn(C)c1N. The molecule has 0 amide bonds. The molecule has 2 aromatic heterocycles. The van der Waals surface area contributed by atoms with Gasteiger partial charge in [0.2, 0.25) is 5.56 Å². The molecule has 0 saturated carbocycles. The quantitative estimate of drug-likeness (QED) is 0.756. The normalized spacial score (nSPS) is 10.8. The molecule has 5 nitrogen and oxygen atoms in total. The second kappa shape index (κ2) is 4.94. The van der Waals surface area contributed by atoms with E-state index in [4.69, 9.17) is 5.73 Å². The predicted octanol–water partition coefficient (Wildman–Crippen LogP) is 2.33. The molecule has 0 aliphatic carbocycles. The van der Waals surface area contributed by atoms with Gasteiger partial charge in [-0.2, -0.15) is 5.10 Å².